The maximum absolute atomic E-state index is 12.1. The van der Waals surface area contributed by atoms with Crippen LogP contribution in [0.3, 0.4) is 0 Å². The third kappa shape index (κ3) is 8.73. The van der Waals surface area contributed by atoms with Crippen molar-refractivity contribution in [2.75, 3.05) is 26.3 Å². The van der Waals surface area contributed by atoms with Gasteiger partial charge in [0.15, 0.2) is 6.61 Å². The Morgan fingerprint density at radius 2 is 1.67 bits per heavy atom. The van der Waals surface area contributed by atoms with E-state index in [4.69, 9.17) is 20.0 Å². The zero-order chi connectivity index (χ0) is 19.9. The van der Waals surface area contributed by atoms with Crippen molar-refractivity contribution in [2.24, 2.45) is 0 Å². The molecule has 27 heavy (non-hydrogen) atoms. The summed E-state index contributed by atoms with van der Waals surface area (Å²) in [7, 11) is 0. The molecule has 1 aromatic carbocycles. The normalized spacial score (nSPS) is 9.74. The van der Waals surface area contributed by atoms with Crippen LogP contribution in [0.15, 0.2) is 24.3 Å². The van der Waals surface area contributed by atoms with Crippen molar-refractivity contribution in [3.63, 3.8) is 0 Å². The number of hydrogen-bond donors (Lipinski definition) is 0. The lowest BCUT2D eigenvalue weighted by molar-refractivity contribution is -0.134. The quantitative estimate of drug-likeness (QED) is 0.413. The molecule has 0 unspecified atom stereocenters. The summed E-state index contributed by atoms with van der Waals surface area (Å²) in [6, 6.07) is 10.5. The fourth-order valence-corrected chi connectivity index (χ4v) is 2.26. The molecule has 0 aliphatic rings. The topological polar surface area (TPSA) is 103 Å². The number of rotatable bonds is 12. The van der Waals surface area contributed by atoms with Gasteiger partial charge in [0.25, 0.3) is 5.91 Å². The van der Waals surface area contributed by atoms with Gasteiger partial charge in [-0.05, 0) is 30.7 Å². The van der Waals surface area contributed by atoms with Gasteiger partial charge in [-0.3, -0.25) is 4.79 Å². The molecule has 0 radical (unpaired) electrons. The molecule has 0 aromatic heterocycles. The minimum atomic E-state index is -0.610. The third-order valence-corrected chi connectivity index (χ3v) is 3.77. The summed E-state index contributed by atoms with van der Waals surface area (Å²) in [5, 5.41) is 17.3. The number of amides is 1. The molecule has 7 heteroatoms. The lowest BCUT2D eigenvalue weighted by Gasteiger charge is -2.20. The highest BCUT2D eigenvalue weighted by Crippen LogP contribution is 2.14. The lowest BCUT2D eigenvalue weighted by Crippen LogP contribution is -2.36. The molecular weight excluding hydrogens is 346 g/mol. The second-order valence-electron chi connectivity index (χ2n) is 5.85. The van der Waals surface area contributed by atoms with E-state index in [1.807, 2.05) is 12.1 Å². The van der Waals surface area contributed by atoms with Crippen LogP contribution in [-0.4, -0.2) is 43.1 Å². The molecular formula is C20H25N3O4. The lowest BCUT2D eigenvalue weighted by atomic mass is 10.2. The Balaban J connectivity index is 2.48. The van der Waals surface area contributed by atoms with Gasteiger partial charge in [0, 0.05) is 13.1 Å². The van der Waals surface area contributed by atoms with Crippen LogP contribution in [0.2, 0.25) is 0 Å². The van der Waals surface area contributed by atoms with Crippen LogP contribution in [-0.2, 0) is 9.53 Å². The molecule has 0 bridgehead atoms. The molecule has 0 aliphatic carbocycles. The summed E-state index contributed by atoms with van der Waals surface area (Å²) < 4.78 is 10.6. The molecule has 144 valence electrons. The monoisotopic (exact) mass is 371 g/mol. The maximum Gasteiger partial charge on any atom is 0.338 e. The van der Waals surface area contributed by atoms with Crippen molar-refractivity contribution in [1.29, 1.82) is 10.5 Å². The Bertz CT molecular complexity index is 656. The average Bonchev–Trinajstić information content (AvgIpc) is 2.69. The third-order valence-electron chi connectivity index (χ3n) is 3.77. The van der Waals surface area contributed by atoms with Crippen molar-refractivity contribution in [3.05, 3.63) is 29.8 Å². The molecule has 0 N–H and O–H groups in total. The molecule has 7 nitrogen and oxygen atoms in total. The number of esters is 1. The van der Waals surface area contributed by atoms with Gasteiger partial charge in [-0.2, -0.15) is 10.5 Å². The van der Waals surface area contributed by atoms with Crippen molar-refractivity contribution >= 4 is 11.9 Å². The standard InChI is InChI=1S/C20H25N3O4/c1-2-3-4-15-26-18-9-7-17(8-10-18)20(25)27-16-19(24)23(13-5-11-21)14-6-12-22/h7-10H,2-6,13-16H2,1H3. The number of carbonyl (C=O) groups excluding carboxylic acids is 2. The molecule has 0 atom stereocenters. The Morgan fingerprint density at radius 3 is 2.22 bits per heavy atom. The van der Waals surface area contributed by atoms with Crippen LogP contribution in [0.4, 0.5) is 0 Å². The van der Waals surface area contributed by atoms with E-state index in [0.29, 0.717) is 17.9 Å². The van der Waals surface area contributed by atoms with E-state index >= 15 is 0 Å². The summed E-state index contributed by atoms with van der Waals surface area (Å²) in [5.41, 5.74) is 0.323. The van der Waals surface area contributed by atoms with Gasteiger partial charge in [0.05, 0.1) is 37.2 Å². The first-order valence-electron chi connectivity index (χ1n) is 9.04. The highest BCUT2D eigenvalue weighted by atomic mass is 16.5. The Morgan fingerprint density at radius 1 is 1.04 bits per heavy atom. The summed E-state index contributed by atoms with van der Waals surface area (Å²) in [5.74, 6) is -0.357. The molecule has 0 fully saturated rings. The van der Waals surface area contributed by atoms with Gasteiger partial charge >= 0.3 is 5.97 Å². The molecule has 1 rings (SSSR count). The average molecular weight is 371 g/mol. The fraction of sp³-hybridized carbons (Fsp3) is 0.500. The van der Waals surface area contributed by atoms with E-state index in [-0.39, 0.29) is 25.9 Å². The number of benzene rings is 1. The molecule has 0 spiro atoms. The van der Waals surface area contributed by atoms with E-state index in [1.165, 1.54) is 4.90 Å². The van der Waals surface area contributed by atoms with E-state index in [1.54, 1.807) is 24.3 Å². The van der Waals surface area contributed by atoms with E-state index in [9.17, 15) is 9.59 Å². The van der Waals surface area contributed by atoms with Crippen LogP contribution >= 0.6 is 0 Å². The van der Waals surface area contributed by atoms with Gasteiger partial charge < -0.3 is 14.4 Å². The Hall–Kier alpha value is -3.06. The van der Waals surface area contributed by atoms with Gasteiger partial charge in [-0.25, -0.2) is 4.79 Å². The number of ether oxygens (including phenoxy) is 2. The predicted octanol–water partition coefficient (Wildman–Crippen LogP) is 3.07. The van der Waals surface area contributed by atoms with E-state index in [0.717, 1.165) is 19.3 Å². The van der Waals surface area contributed by atoms with E-state index in [2.05, 4.69) is 6.92 Å². The molecule has 0 heterocycles. The highest BCUT2D eigenvalue weighted by molar-refractivity contribution is 5.91. The van der Waals surface area contributed by atoms with Crippen molar-refractivity contribution in [2.45, 2.75) is 39.0 Å². The SMILES string of the molecule is CCCCCOc1ccc(C(=O)OCC(=O)N(CCC#N)CCC#N)cc1. The van der Waals surface area contributed by atoms with Gasteiger partial charge in [0.2, 0.25) is 0 Å². The molecule has 0 saturated carbocycles. The maximum atomic E-state index is 12.1. The summed E-state index contributed by atoms with van der Waals surface area (Å²) >= 11 is 0. The molecule has 1 amide bonds. The van der Waals surface area contributed by atoms with Crippen molar-refractivity contribution in [3.8, 4) is 17.9 Å². The minimum absolute atomic E-state index is 0.158. The second-order valence-corrected chi connectivity index (χ2v) is 5.85. The smallest absolute Gasteiger partial charge is 0.338 e. The first-order valence-corrected chi connectivity index (χ1v) is 9.04. The Kier molecular flexibility index (Phi) is 10.7. The number of hydrogen-bond acceptors (Lipinski definition) is 6. The summed E-state index contributed by atoms with van der Waals surface area (Å²) in [4.78, 5) is 25.6. The first-order chi connectivity index (χ1) is 13.1. The molecule has 1 aromatic rings. The van der Waals surface area contributed by atoms with Crippen LogP contribution < -0.4 is 4.74 Å². The van der Waals surface area contributed by atoms with Crippen molar-refractivity contribution in [1.82, 2.24) is 4.90 Å². The zero-order valence-electron chi connectivity index (χ0n) is 15.6. The van der Waals surface area contributed by atoms with Crippen LogP contribution in [0, 0.1) is 22.7 Å². The fourth-order valence-electron chi connectivity index (χ4n) is 2.26. The van der Waals surface area contributed by atoms with E-state index < -0.39 is 18.5 Å². The van der Waals surface area contributed by atoms with Crippen LogP contribution in [0.5, 0.6) is 5.75 Å². The van der Waals surface area contributed by atoms with Gasteiger partial charge in [0.1, 0.15) is 5.75 Å². The molecule has 0 saturated heterocycles. The second kappa shape index (κ2) is 13.2. The minimum Gasteiger partial charge on any atom is -0.494 e. The number of carbonyl (C=O) groups is 2. The number of nitrogens with zero attached hydrogens (tertiary/aromatic N) is 3. The van der Waals surface area contributed by atoms with Gasteiger partial charge in [-0.15, -0.1) is 0 Å². The van der Waals surface area contributed by atoms with Crippen molar-refractivity contribution < 1.29 is 19.1 Å². The molecule has 0 aliphatic heterocycles. The highest BCUT2D eigenvalue weighted by Gasteiger charge is 2.16. The zero-order valence-corrected chi connectivity index (χ0v) is 15.6. The summed E-state index contributed by atoms with van der Waals surface area (Å²) in [6.07, 6.45) is 3.53. The van der Waals surface area contributed by atoms with Crippen LogP contribution in [0.25, 0.3) is 0 Å². The summed E-state index contributed by atoms with van der Waals surface area (Å²) in [6.45, 7) is 2.74. The predicted molar refractivity (Wildman–Crippen MR) is 98.8 cm³/mol. The Labute approximate surface area is 160 Å². The number of nitriles is 2. The largest absolute Gasteiger partial charge is 0.494 e. The number of unbranched alkanes of at least 4 members (excludes halogenated alkanes) is 2. The van der Waals surface area contributed by atoms with Gasteiger partial charge in [-0.1, -0.05) is 19.8 Å². The van der Waals surface area contributed by atoms with Crippen LogP contribution in [0.1, 0.15) is 49.4 Å². The first kappa shape index (κ1) is 22.0.